The summed E-state index contributed by atoms with van der Waals surface area (Å²) in [5, 5.41) is 18.7. The molecule has 0 aliphatic heterocycles. The van der Waals surface area contributed by atoms with Gasteiger partial charge in [-0.2, -0.15) is 0 Å². The molecule has 7 heteroatoms. The molecule has 7 nitrogen and oxygen atoms in total. The summed E-state index contributed by atoms with van der Waals surface area (Å²) in [6.45, 7) is 3.72. The van der Waals surface area contributed by atoms with Gasteiger partial charge >= 0.3 is 0 Å². The first-order valence-corrected chi connectivity index (χ1v) is 6.57. The van der Waals surface area contributed by atoms with E-state index in [-0.39, 0.29) is 11.4 Å². The highest BCUT2D eigenvalue weighted by Crippen LogP contribution is 2.29. The maximum Gasteiger partial charge on any atom is 0.297 e. The normalized spacial score (nSPS) is 10.7. The van der Waals surface area contributed by atoms with Gasteiger partial charge in [0.05, 0.1) is 12.0 Å². The Balaban J connectivity index is 2.23. The van der Waals surface area contributed by atoms with E-state index < -0.39 is 4.92 Å². The third-order valence-corrected chi connectivity index (χ3v) is 3.01. The zero-order valence-corrected chi connectivity index (χ0v) is 12.5. The molecule has 0 fully saturated rings. The van der Waals surface area contributed by atoms with Gasteiger partial charge < -0.3 is 4.74 Å². The molecule has 2 rings (SSSR count). The number of nitro benzene ring substituents is 1. The zero-order valence-electron chi connectivity index (χ0n) is 12.5. The summed E-state index contributed by atoms with van der Waals surface area (Å²) in [4.78, 5) is 10.5. The minimum atomic E-state index is -0.478. The molecule has 0 aromatic heterocycles. The minimum Gasteiger partial charge on any atom is -0.495 e. The van der Waals surface area contributed by atoms with Gasteiger partial charge in [0.25, 0.3) is 5.69 Å². The number of methoxy groups -OCH3 is 1. The fourth-order valence-corrected chi connectivity index (χ4v) is 1.91. The Morgan fingerprint density at radius 2 is 1.82 bits per heavy atom. The summed E-state index contributed by atoms with van der Waals surface area (Å²) in [7, 11) is 1.55. The first-order chi connectivity index (χ1) is 10.5. The van der Waals surface area contributed by atoms with Gasteiger partial charge in [-0.1, -0.05) is 17.4 Å². The Bertz CT molecular complexity index is 729. The highest BCUT2D eigenvalue weighted by Gasteiger charge is 2.13. The molecule has 0 aliphatic rings. The fourth-order valence-electron chi connectivity index (χ4n) is 1.91. The van der Waals surface area contributed by atoms with Crippen LogP contribution < -0.4 is 10.2 Å². The van der Waals surface area contributed by atoms with E-state index >= 15 is 0 Å². The van der Waals surface area contributed by atoms with E-state index in [0.717, 1.165) is 11.1 Å². The number of nitrogens with zero attached hydrogens (tertiary/aromatic N) is 3. The maximum atomic E-state index is 11.0. The first kappa shape index (κ1) is 15.4. The summed E-state index contributed by atoms with van der Waals surface area (Å²) >= 11 is 0. The standard InChI is InChI=1S/C15H16N4O3/c1-10-5-7-15(22-3)13(8-10)17-18-16-12-6-4-11(2)9-14(12)19(20)21/h4-9H,1-3H3,(H,16,17). The molecule has 2 aromatic rings. The predicted octanol–water partition coefficient (Wildman–Crippen LogP) is 4.33. The average Bonchev–Trinajstić information content (AvgIpc) is 2.48. The first-order valence-electron chi connectivity index (χ1n) is 6.57. The van der Waals surface area contributed by atoms with E-state index in [1.54, 1.807) is 26.2 Å². The van der Waals surface area contributed by atoms with Crippen LogP contribution in [0.5, 0.6) is 5.75 Å². The molecule has 0 saturated carbocycles. The molecular formula is C15H16N4O3. The van der Waals surface area contributed by atoms with Crippen molar-refractivity contribution in [1.82, 2.24) is 0 Å². The third-order valence-electron chi connectivity index (χ3n) is 3.01. The number of hydrogen-bond donors (Lipinski definition) is 1. The molecule has 0 saturated heterocycles. The molecule has 0 aliphatic carbocycles. The largest absolute Gasteiger partial charge is 0.495 e. The SMILES string of the molecule is COc1ccc(C)cc1NN=Nc1ccc(C)cc1[N+](=O)[O-]. The van der Waals surface area contributed by atoms with Gasteiger partial charge in [-0.15, -0.1) is 5.11 Å². The van der Waals surface area contributed by atoms with Crippen LogP contribution in [0.15, 0.2) is 46.7 Å². The number of anilines is 1. The number of ether oxygens (including phenoxy) is 1. The molecule has 0 atom stereocenters. The molecule has 0 amide bonds. The molecular weight excluding hydrogens is 284 g/mol. The highest BCUT2D eigenvalue weighted by atomic mass is 16.6. The quantitative estimate of drug-likeness (QED) is 0.505. The smallest absolute Gasteiger partial charge is 0.297 e. The van der Waals surface area contributed by atoms with Crippen molar-refractivity contribution in [1.29, 1.82) is 0 Å². The number of hydrogen-bond acceptors (Lipinski definition) is 5. The number of rotatable bonds is 5. The Morgan fingerprint density at radius 1 is 1.14 bits per heavy atom. The number of nitrogens with one attached hydrogen (secondary N) is 1. The maximum absolute atomic E-state index is 11.0. The van der Waals surface area contributed by atoms with Crippen LogP contribution in [-0.4, -0.2) is 12.0 Å². The zero-order chi connectivity index (χ0) is 16.1. The lowest BCUT2D eigenvalue weighted by molar-refractivity contribution is -0.384. The van der Waals surface area contributed by atoms with Crippen molar-refractivity contribution in [3.63, 3.8) is 0 Å². The average molecular weight is 300 g/mol. The van der Waals surface area contributed by atoms with E-state index in [4.69, 9.17) is 4.74 Å². The molecule has 1 N–H and O–H groups in total. The van der Waals surface area contributed by atoms with Gasteiger partial charge in [0.15, 0.2) is 5.69 Å². The van der Waals surface area contributed by atoms with Gasteiger partial charge in [0.2, 0.25) is 0 Å². The second-order valence-corrected chi connectivity index (χ2v) is 4.76. The van der Waals surface area contributed by atoms with Gasteiger partial charge in [-0.05, 0) is 43.2 Å². The van der Waals surface area contributed by atoms with E-state index in [9.17, 15) is 10.1 Å². The molecule has 2 aromatic carbocycles. The molecule has 0 unspecified atom stereocenters. The van der Waals surface area contributed by atoms with Crippen molar-refractivity contribution in [3.05, 3.63) is 57.6 Å². The van der Waals surface area contributed by atoms with Gasteiger partial charge in [0.1, 0.15) is 11.4 Å². The van der Waals surface area contributed by atoms with Crippen LogP contribution in [0, 0.1) is 24.0 Å². The second kappa shape index (κ2) is 6.66. The summed E-state index contributed by atoms with van der Waals surface area (Å²) < 4.78 is 5.21. The van der Waals surface area contributed by atoms with Crippen LogP contribution in [-0.2, 0) is 0 Å². The summed E-state index contributed by atoms with van der Waals surface area (Å²) in [6.07, 6.45) is 0. The lowest BCUT2D eigenvalue weighted by atomic mass is 10.2. The van der Waals surface area contributed by atoms with Crippen LogP contribution in [0.4, 0.5) is 17.1 Å². The van der Waals surface area contributed by atoms with Crippen molar-refractivity contribution in [2.45, 2.75) is 13.8 Å². The fraction of sp³-hybridized carbons (Fsp3) is 0.200. The molecule has 0 heterocycles. The number of aryl methyl sites for hydroxylation is 2. The van der Waals surface area contributed by atoms with Gasteiger partial charge in [-0.3, -0.25) is 15.5 Å². The number of nitro groups is 1. The highest BCUT2D eigenvalue weighted by molar-refractivity contribution is 5.59. The number of benzene rings is 2. The molecule has 22 heavy (non-hydrogen) atoms. The Labute approximate surface area is 127 Å². The Morgan fingerprint density at radius 3 is 2.50 bits per heavy atom. The van der Waals surface area contributed by atoms with Crippen LogP contribution in [0.2, 0.25) is 0 Å². The van der Waals surface area contributed by atoms with Crippen molar-refractivity contribution in [3.8, 4) is 5.75 Å². The molecule has 0 radical (unpaired) electrons. The third kappa shape index (κ3) is 3.57. The van der Waals surface area contributed by atoms with Crippen molar-refractivity contribution < 1.29 is 9.66 Å². The predicted molar refractivity (Wildman–Crippen MR) is 83.7 cm³/mol. The molecule has 0 spiro atoms. The van der Waals surface area contributed by atoms with E-state index in [1.807, 2.05) is 25.1 Å². The molecule has 0 bridgehead atoms. The summed E-state index contributed by atoms with van der Waals surface area (Å²) in [5.41, 5.74) is 5.31. The van der Waals surface area contributed by atoms with Crippen molar-refractivity contribution in [2.24, 2.45) is 10.3 Å². The van der Waals surface area contributed by atoms with E-state index in [0.29, 0.717) is 11.4 Å². The van der Waals surface area contributed by atoms with Crippen LogP contribution in [0.25, 0.3) is 0 Å². The Hall–Kier alpha value is -2.96. The topological polar surface area (TPSA) is 89.1 Å². The van der Waals surface area contributed by atoms with Crippen LogP contribution in [0.1, 0.15) is 11.1 Å². The minimum absolute atomic E-state index is 0.0817. The van der Waals surface area contributed by atoms with Crippen LogP contribution in [0.3, 0.4) is 0 Å². The van der Waals surface area contributed by atoms with Gasteiger partial charge in [-0.25, -0.2) is 0 Å². The van der Waals surface area contributed by atoms with E-state index in [2.05, 4.69) is 15.8 Å². The lowest BCUT2D eigenvalue weighted by Crippen LogP contribution is -1.93. The van der Waals surface area contributed by atoms with Crippen molar-refractivity contribution >= 4 is 17.1 Å². The van der Waals surface area contributed by atoms with Gasteiger partial charge in [0, 0.05) is 6.07 Å². The van der Waals surface area contributed by atoms with E-state index in [1.165, 1.54) is 6.07 Å². The van der Waals surface area contributed by atoms with Crippen molar-refractivity contribution in [2.75, 3.05) is 12.5 Å². The second-order valence-electron chi connectivity index (χ2n) is 4.76. The Kier molecular flexibility index (Phi) is 4.67. The summed E-state index contributed by atoms with van der Waals surface area (Å²) in [6, 6.07) is 10.3. The lowest BCUT2D eigenvalue weighted by Gasteiger charge is -2.07. The monoisotopic (exact) mass is 300 g/mol. The molecule has 114 valence electrons. The van der Waals surface area contributed by atoms with Crippen LogP contribution >= 0.6 is 0 Å². The summed E-state index contributed by atoms with van der Waals surface area (Å²) in [5.74, 6) is 0.614.